The molecule has 1 heterocycles. The van der Waals surface area contributed by atoms with E-state index in [1.165, 1.54) is 0 Å². The van der Waals surface area contributed by atoms with Gasteiger partial charge < -0.3 is 4.74 Å². The Morgan fingerprint density at radius 2 is 1.88 bits per heavy atom. The van der Waals surface area contributed by atoms with Crippen molar-refractivity contribution in [3.05, 3.63) is 74.2 Å². The summed E-state index contributed by atoms with van der Waals surface area (Å²) in [5, 5.41) is 12.4. The molecule has 0 bridgehead atoms. The molecule has 1 aromatic heterocycles. The molecule has 0 unspecified atom stereocenters. The molecule has 0 saturated carbocycles. The number of rotatable bonds is 5. The minimum atomic E-state index is 0.392. The third kappa shape index (κ3) is 4.10. The topological polar surface area (TPSA) is 55.2 Å². The van der Waals surface area contributed by atoms with Crippen molar-refractivity contribution in [1.82, 2.24) is 14.9 Å². The predicted molar refractivity (Wildman–Crippen MR) is 103 cm³/mol. The van der Waals surface area contributed by atoms with Gasteiger partial charge in [-0.25, -0.2) is 0 Å². The largest absolute Gasteiger partial charge is 0.497 e. The first-order valence-corrected chi connectivity index (χ1v) is 8.52. The fourth-order valence-corrected chi connectivity index (χ4v) is 2.93. The van der Waals surface area contributed by atoms with Gasteiger partial charge in [0.15, 0.2) is 5.82 Å². The first-order valence-electron chi connectivity index (χ1n) is 7.36. The van der Waals surface area contributed by atoms with Crippen molar-refractivity contribution in [2.75, 3.05) is 7.11 Å². The average molecular weight is 393 g/mol. The zero-order valence-corrected chi connectivity index (χ0v) is 15.6. The number of aromatic nitrogens is 3. The van der Waals surface area contributed by atoms with Crippen LogP contribution in [0.1, 0.15) is 17.0 Å². The molecule has 0 fully saturated rings. The predicted octanol–water partition coefficient (Wildman–Crippen LogP) is 4.73. The Hall–Kier alpha value is -2.15. The highest BCUT2D eigenvalue weighted by Crippen LogP contribution is 2.22. The fraction of sp³-hybridized carbons (Fsp3) is 0.118. The number of nitrogens with one attached hydrogen (secondary N) is 1. The Bertz CT molecular complexity index is 943. The Kier molecular flexibility index (Phi) is 5.53. The number of halogens is 2. The first kappa shape index (κ1) is 17.7. The van der Waals surface area contributed by atoms with E-state index in [4.69, 9.17) is 40.2 Å². The van der Waals surface area contributed by atoms with Gasteiger partial charge in [0.05, 0.1) is 23.4 Å². The third-order valence-electron chi connectivity index (χ3n) is 3.54. The molecule has 0 spiro atoms. The summed E-state index contributed by atoms with van der Waals surface area (Å²) in [5.74, 6) is 1.48. The molecular weight excluding hydrogens is 379 g/mol. The van der Waals surface area contributed by atoms with E-state index in [9.17, 15) is 0 Å². The van der Waals surface area contributed by atoms with E-state index < -0.39 is 0 Å². The Labute approximate surface area is 159 Å². The van der Waals surface area contributed by atoms with Crippen LogP contribution in [0, 0.1) is 4.77 Å². The zero-order chi connectivity index (χ0) is 17.8. The molecule has 0 aliphatic carbocycles. The fourth-order valence-electron chi connectivity index (χ4n) is 2.23. The number of hydrogen-bond acceptors (Lipinski definition) is 4. The van der Waals surface area contributed by atoms with Crippen molar-refractivity contribution < 1.29 is 4.74 Å². The van der Waals surface area contributed by atoms with E-state index in [1.807, 2.05) is 24.3 Å². The maximum Gasteiger partial charge on any atom is 0.216 e. The lowest BCUT2D eigenvalue weighted by molar-refractivity contribution is 0.414. The van der Waals surface area contributed by atoms with Gasteiger partial charge in [0.1, 0.15) is 5.75 Å². The van der Waals surface area contributed by atoms with E-state index in [0.717, 1.165) is 11.3 Å². The van der Waals surface area contributed by atoms with Crippen LogP contribution in [0.3, 0.4) is 0 Å². The number of methoxy groups -OCH3 is 1. The van der Waals surface area contributed by atoms with Crippen LogP contribution in [0.5, 0.6) is 5.75 Å². The SMILES string of the molecule is COc1ccc(Cc2n[nH]c(=S)n2/N=C\c2c(Cl)cccc2Cl)cc1. The molecule has 128 valence electrons. The molecule has 0 saturated heterocycles. The Morgan fingerprint density at radius 3 is 2.52 bits per heavy atom. The molecule has 5 nitrogen and oxygen atoms in total. The summed E-state index contributed by atoms with van der Waals surface area (Å²) in [6.45, 7) is 0. The van der Waals surface area contributed by atoms with Gasteiger partial charge in [0.25, 0.3) is 0 Å². The van der Waals surface area contributed by atoms with Gasteiger partial charge in [-0.3, -0.25) is 5.10 Å². The molecule has 0 amide bonds. The summed E-state index contributed by atoms with van der Waals surface area (Å²) in [7, 11) is 1.63. The van der Waals surface area contributed by atoms with E-state index in [0.29, 0.717) is 32.6 Å². The summed E-state index contributed by atoms with van der Waals surface area (Å²) in [5.41, 5.74) is 1.69. The lowest BCUT2D eigenvalue weighted by Gasteiger charge is -2.04. The van der Waals surface area contributed by atoms with Crippen molar-refractivity contribution in [3.8, 4) is 5.75 Å². The molecule has 8 heteroatoms. The molecular formula is C17H14Cl2N4OS. The quantitative estimate of drug-likeness (QED) is 0.504. The van der Waals surface area contributed by atoms with Crippen molar-refractivity contribution in [2.24, 2.45) is 5.10 Å². The highest BCUT2D eigenvalue weighted by molar-refractivity contribution is 7.71. The van der Waals surface area contributed by atoms with E-state index in [1.54, 1.807) is 36.2 Å². The van der Waals surface area contributed by atoms with E-state index in [2.05, 4.69) is 15.3 Å². The molecule has 2 aromatic carbocycles. The van der Waals surface area contributed by atoms with Crippen LogP contribution >= 0.6 is 35.4 Å². The van der Waals surface area contributed by atoms with Gasteiger partial charge in [-0.2, -0.15) is 14.9 Å². The van der Waals surface area contributed by atoms with Crippen LogP contribution in [0.4, 0.5) is 0 Å². The number of nitrogens with zero attached hydrogens (tertiary/aromatic N) is 3. The van der Waals surface area contributed by atoms with Gasteiger partial charge in [0.2, 0.25) is 4.77 Å². The summed E-state index contributed by atoms with van der Waals surface area (Å²) in [6.07, 6.45) is 2.14. The summed E-state index contributed by atoms with van der Waals surface area (Å²) in [4.78, 5) is 0. The minimum absolute atomic E-state index is 0.392. The van der Waals surface area contributed by atoms with E-state index in [-0.39, 0.29) is 0 Å². The number of ether oxygens (including phenoxy) is 1. The van der Waals surface area contributed by atoms with Gasteiger partial charge in [-0.1, -0.05) is 41.4 Å². The molecule has 25 heavy (non-hydrogen) atoms. The second kappa shape index (κ2) is 7.82. The Morgan fingerprint density at radius 1 is 1.20 bits per heavy atom. The highest BCUT2D eigenvalue weighted by atomic mass is 35.5. The Balaban J connectivity index is 1.89. The number of hydrogen-bond donors (Lipinski definition) is 1. The summed E-state index contributed by atoms with van der Waals surface area (Å²) < 4.78 is 7.11. The van der Waals surface area contributed by atoms with Crippen LogP contribution in [-0.4, -0.2) is 28.2 Å². The monoisotopic (exact) mass is 392 g/mol. The van der Waals surface area contributed by atoms with Crippen LogP contribution in [0.25, 0.3) is 0 Å². The van der Waals surface area contributed by atoms with Crippen LogP contribution < -0.4 is 4.74 Å². The smallest absolute Gasteiger partial charge is 0.216 e. The normalized spacial score (nSPS) is 11.2. The number of aromatic amines is 1. The van der Waals surface area contributed by atoms with E-state index >= 15 is 0 Å². The van der Waals surface area contributed by atoms with Crippen molar-refractivity contribution in [1.29, 1.82) is 0 Å². The van der Waals surface area contributed by atoms with Gasteiger partial charge >= 0.3 is 0 Å². The first-order chi connectivity index (χ1) is 12.1. The molecule has 3 rings (SSSR count). The van der Waals surface area contributed by atoms with Gasteiger partial charge in [-0.15, -0.1) is 0 Å². The minimum Gasteiger partial charge on any atom is -0.497 e. The molecule has 0 aliphatic rings. The van der Waals surface area contributed by atoms with Crippen LogP contribution in [0.15, 0.2) is 47.6 Å². The molecule has 0 atom stereocenters. The average Bonchev–Trinajstić information content (AvgIpc) is 2.95. The van der Waals surface area contributed by atoms with Gasteiger partial charge in [-0.05, 0) is 42.0 Å². The second-order valence-corrected chi connectivity index (χ2v) is 6.36. The third-order valence-corrected chi connectivity index (χ3v) is 4.46. The summed E-state index contributed by atoms with van der Waals surface area (Å²) in [6, 6.07) is 13.0. The standard InChI is InChI=1S/C17H14Cl2N4OS/c1-24-12-7-5-11(6-8-12)9-16-21-22-17(25)23(16)20-10-13-14(18)3-2-4-15(13)19/h2-8,10H,9H2,1H3,(H,22,25)/b20-10-. The van der Waals surface area contributed by atoms with Crippen molar-refractivity contribution in [3.63, 3.8) is 0 Å². The number of H-pyrrole nitrogens is 1. The van der Waals surface area contributed by atoms with Crippen LogP contribution in [-0.2, 0) is 6.42 Å². The van der Waals surface area contributed by atoms with Crippen molar-refractivity contribution in [2.45, 2.75) is 6.42 Å². The second-order valence-electron chi connectivity index (χ2n) is 5.16. The maximum absolute atomic E-state index is 6.16. The molecule has 0 radical (unpaired) electrons. The zero-order valence-electron chi connectivity index (χ0n) is 13.2. The van der Waals surface area contributed by atoms with Crippen LogP contribution in [0.2, 0.25) is 10.0 Å². The lowest BCUT2D eigenvalue weighted by Crippen LogP contribution is -2.01. The highest BCUT2D eigenvalue weighted by Gasteiger charge is 2.08. The lowest BCUT2D eigenvalue weighted by atomic mass is 10.1. The molecule has 0 aliphatic heterocycles. The van der Waals surface area contributed by atoms with Gasteiger partial charge in [0, 0.05) is 12.0 Å². The van der Waals surface area contributed by atoms with Crippen molar-refractivity contribution >= 4 is 41.6 Å². The maximum atomic E-state index is 6.16. The number of benzene rings is 2. The molecule has 3 aromatic rings. The summed E-state index contributed by atoms with van der Waals surface area (Å²) >= 11 is 17.6. The molecule has 1 N–H and O–H groups in total.